The number of aromatic hydroxyl groups is 1. The zero-order valence-corrected chi connectivity index (χ0v) is 12.3. The van der Waals surface area contributed by atoms with Crippen LogP contribution < -0.4 is 5.73 Å². The highest BCUT2D eigenvalue weighted by molar-refractivity contribution is 7.99. The topological polar surface area (TPSA) is 46.2 Å². The van der Waals surface area contributed by atoms with Crippen LogP contribution in [0, 0.1) is 0 Å². The molecular weight excluding hydrogens is 242 g/mol. The summed E-state index contributed by atoms with van der Waals surface area (Å²) in [6, 6.07) is 5.96. The lowest BCUT2D eigenvalue weighted by Crippen LogP contribution is -2.54. The van der Waals surface area contributed by atoms with Crippen LogP contribution in [-0.4, -0.2) is 22.7 Å². The number of fused-ring (bicyclic) bond motifs is 1. The van der Waals surface area contributed by atoms with E-state index in [9.17, 15) is 5.11 Å². The van der Waals surface area contributed by atoms with Gasteiger partial charge in [0.25, 0.3) is 0 Å². The van der Waals surface area contributed by atoms with Crippen molar-refractivity contribution >= 4 is 11.8 Å². The second kappa shape index (κ2) is 5.14. The van der Waals surface area contributed by atoms with Gasteiger partial charge in [0.1, 0.15) is 5.75 Å². The van der Waals surface area contributed by atoms with Gasteiger partial charge in [0, 0.05) is 16.7 Å². The largest absolute Gasteiger partial charge is 0.508 e. The van der Waals surface area contributed by atoms with Crippen LogP contribution in [0.3, 0.4) is 0 Å². The van der Waals surface area contributed by atoms with E-state index < -0.39 is 0 Å². The maximum atomic E-state index is 9.77. The van der Waals surface area contributed by atoms with Crippen LogP contribution in [0.15, 0.2) is 18.2 Å². The Morgan fingerprint density at radius 1 is 1.39 bits per heavy atom. The van der Waals surface area contributed by atoms with E-state index in [1.165, 1.54) is 11.1 Å². The summed E-state index contributed by atoms with van der Waals surface area (Å²) in [4.78, 5) is 0. The van der Waals surface area contributed by atoms with Crippen molar-refractivity contribution in [2.24, 2.45) is 5.73 Å². The zero-order chi connectivity index (χ0) is 13.3. The van der Waals surface area contributed by atoms with Crippen molar-refractivity contribution in [2.75, 3.05) is 6.26 Å². The van der Waals surface area contributed by atoms with Crippen molar-refractivity contribution in [2.45, 2.75) is 49.8 Å². The molecule has 100 valence electrons. The molecule has 0 saturated carbocycles. The fourth-order valence-electron chi connectivity index (χ4n) is 3.42. The van der Waals surface area contributed by atoms with E-state index in [1.807, 2.05) is 17.8 Å². The Morgan fingerprint density at radius 3 is 2.61 bits per heavy atom. The summed E-state index contributed by atoms with van der Waals surface area (Å²) in [6.07, 6.45) is 5.21. The van der Waals surface area contributed by atoms with Gasteiger partial charge >= 0.3 is 0 Å². The predicted molar refractivity (Wildman–Crippen MR) is 79.3 cm³/mol. The lowest BCUT2D eigenvalue weighted by atomic mass is 9.63. The summed E-state index contributed by atoms with van der Waals surface area (Å²) in [5.74, 6) is 0.356. The molecule has 1 aliphatic carbocycles. The maximum Gasteiger partial charge on any atom is 0.115 e. The Bertz CT molecular complexity index is 429. The first-order chi connectivity index (χ1) is 8.58. The average Bonchev–Trinajstić information content (AvgIpc) is 2.39. The Balaban J connectivity index is 2.59. The van der Waals surface area contributed by atoms with Gasteiger partial charge in [0.05, 0.1) is 0 Å². The molecule has 0 aliphatic heterocycles. The van der Waals surface area contributed by atoms with Crippen molar-refractivity contribution in [3.8, 4) is 5.75 Å². The Morgan fingerprint density at radius 2 is 2.06 bits per heavy atom. The lowest BCUT2D eigenvalue weighted by molar-refractivity contribution is 0.290. The molecule has 3 N–H and O–H groups in total. The van der Waals surface area contributed by atoms with Gasteiger partial charge in [-0.25, -0.2) is 0 Å². The number of phenols is 1. The van der Waals surface area contributed by atoms with E-state index in [4.69, 9.17) is 5.73 Å². The van der Waals surface area contributed by atoms with Gasteiger partial charge in [-0.1, -0.05) is 19.9 Å². The molecule has 18 heavy (non-hydrogen) atoms. The molecule has 0 fully saturated rings. The van der Waals surface area contributed by atoms with Gasteiger partial charge in [-0.2, -0.15) is 11.8 Å². The average molecular weight is 265 g/mol. The second-order valence-corrected chi connectivity index (χ2v) is 6.29. The number of thioether (sulfide) groups is 1. The molecule has 2 atom stereocenters. The number of rotatable bonds is 3. The maximum absolute atomic E-state index is 9.77. The summed E-state index contributed by atoms with van der Waals surface area (Å²) in [6.45, 7) is 4.42. The minimum Gasteiger partial charge on any atom is -0.508 e. The lowest BCUT2D eigenvalue weighted by Gasteiger charge is -2.46. The minimum atomic E-state index is 0.0139. The van der Waals surface area contributed by atoms with Crippen LogP contribution in [0.4, 0.5) is 0 Å². The van der Waals surface area contributed by atoms with E-state index >= 15 is 0 Å². The summed E-state index contributed by atoms with van der Waals surface area (Å²) >= 11 is 1.87. The highest BCUT2D eigenvalue weighted by Gasteiger charge is 2.44. The Kier molecular flexibility index (Phi) is 3.93. The van der Waals surface area contributed by atoms with E-state index in [-0.39, 0.29) is 11.5 Å². The fraction of sp³-hybridized carbons (Fsp3) is 0.600. The highest BCUT2D eigenvalue weighted by atomic mass is 32.2. The molecule has 0 heterocycles. The molecule has 2 nitrogen and oxygen atoms in total. The molecule has 1 aromatic rings. The van der Waals surface area contributed by atoms with Gasteiger partial charge < -0.3 is 10.8 Å². The highest BCUT2D eigenvalue weighted by Crippen LogP contribution is 2.45. The van der Waals surface area contributed by atoms with Crippen molar-refractivity contribution < 1.29 is 5.11 Å². The number of phenolic OH excluding ortho intramolecular Hbond substituents is 1. The summed E-state index contributed by atoms with van der Waals surface area (Å²) < 4.78 is 0. The van der Waals surface area contributed by atoms with Crippen molar-refractivity contribution in [3.05, 3.63) is 29.3 Å². The molecule has 1 aromatic carbocycles. The first-order valence-electron chi connectivity index (χ1n) is 6.69. The number of hydrogen-bond donors (Lipinski definition) is 2. The summed E-state index contributed by atoms with van der Waals surface area (Å²) in [5.41, 5.74) is 9.19. The monoisotopic (exact) mass is 265 g/mol. The molecule has 1 aliphatic rings. The van der Waals surface area contributed by atoms with E-state index in [2.05, 4.69) is 26.2 Å². The van der Waals surface area contributed by atoms with Crippen LogP contribution in [0.2, 0.25) is 0 Å². The van der Waals surface area contributed by atoms with Crippen LogP contribution in [0.1, 0.15) is 37.8 Å². The van der Waals surface area contributed by atoms with Crippen molar-refractivity contribution in [1.82, 2.24) is 0 Å². The van der Waals surface area contributed by atoms with Gasteiger partial charge in [-0.3, -0.25) is 0 Å². The molecule has 0 aromatic heterocycles. The van der Waals surface area contributed by atoms with E-state index in [1.54, 1.807) is 6.07 Å². The van der Waals surface area contributed by atoms with Gasteiger partial charge in [-0.15, -0.1) is 0 Å². The Hall–Kier alpha value is -0.670. The number of hydrogen-bond acceptors (Lipinski definition) is 3. The first kappa shape index (κ1) is 13.8. The molecule has 0 amide bonds. The summed E-state index contributed by atoms with van der Waals surface area (Å²) in [7, 11) is 0. The smallest absolute Gasteiger partial charge is 0.115 e. The van der Waals surface area contributed by atoms with Crippen molar-refractivity contribution in [1.29, 1.82) is 0 Å². The van der Waals surface area contributed by atoms with Crippen LogP contribution in [0.25, 0.3) is 0 Å². The number of benzene rings is 1. The molecule has 0 radical (unpaired) electrons. The SMILES string of the molecule is CCC1(CC)c2cc(O)ccc2CC(SC)C1N. The third kappa shape index (κ3) is 1.94. The summed E-state index contributed by atoms with van der Waals surface area (Å²) in [5, 5.41) is 10.2. The van der Waals surface area contributed by atoms with Crippen LogP contribution >= 0.6 is 11.8 Å². The van der Waals surface area contributed by atoms with Gasteiger partial charge in [-0.05, 0) is 48.8 Å². The molecule has 0 saturated heterocycles. The van der Waals surface area contributed by atoms with Crippen LogP contribution in [0.5, 0.6) is 5.75 Å². The first-order valence-corrected chi connectivity index (χ1v) is 7.98. The minimum absolute atomic E-state index is 0.0139. The Labute approximate surface area is 114 Å². The molecule has 2 unspecified atom stereocenters. The quantitative estimate of drug-likeness (QED) is 0.883. The van der Waals surface area contributed by atoms with Crippen LogP contribution in [-0.2, 0) is 11.8 Å². The third-order valence-corrected chi connectivity index (χ3v) is 5.72. The molecule has 3 heteroatoms. The fourth-order valence-corrected chi connectivity index (χ4v) is 4.32. The molecular formula is C15H23NOS. The van der Waals surface area contributed by atoms with Gasteiger partial charge in [0.2, 0.25) is 0 Å². The molecule has 2 rings (SSSR count). The standard InChI is InChI=1S/C15H23NOS/c1-4-15(5-2)12-9-11(17)7-6-10(12)8-13(18-3)14(15)16/h6-7,9,13-14,17H,4-5,8,16H2,1-3H3. The third-order valence-electron chi connectivity index (χ3n) is 4.65. The normalized spacial score (nSPS) is 25.8. The van der Waals surface area contributed by atoms with E-state index in [0.717, 1.165) is 19.3 Å². The second-order valence-electron chi connectivity index (χ2n) is 5.21. The van der Waals surface area contributed by atoms with Gasteiger partial charge in [0.15, 0.2) is 0 Å². The molecule has 0 bridgehead atoms. The van der Waals surface area contributed by atoms with E-state index in [0.29, 0.717) is 11.0 Å². The zero-order valence-electron chi connectivity index (χ0n) is 11.4. The predicted octanol–water partition coefficient (Wildman–Crippen LogP) is 3.07. The molecule has 0 spiro atoms. The van der Waals surface area contributed by atoms with Crippen molar-refractivity contribution in [3.63, 3.8) is 0 Å². The number of nitrogens with two attached hydrogens (primary N) is 1.